The number of imidazole rings is 1. The van der Waals surface area contributed by atoms with Crippen LogP contribution in [0.1, 0.15) is 58.7 Å². The minimum atomic E-state index is -1.28. The number of aliphatic carboxylic acids is 1. The molecule has 2 N–H and O–H groups in total. The smallest absolute Gasteiger partial charge is 0.415 e. The Kier molecular flexibility index (Phi) is 12.6. The van der Waals surface area contributed by atoms with Crippen LogP contribution in [0.15, 0.2) is 73.1 Å². The zero-order valence-corrected chi connectivity index (χ0v) is 34.2. The van der Waals surface area contributed by atoms with Crippen LogP contribution >= 0.6 is 11.6 Å². The lowest BCUT2D eigenvalue weighted by atomic mass is 9.92. The molecule has 4 amide bonds. The zero-order valence-electron chi connectivity index (χ0n) is 33.5. The Hall–Kier alpha value is -6.39. The minimum absolute atomic E-state index is 0.0345. The van der Waals surface area contributed by atoms with Crippen molar-refractivity contribution in [3.63, 3.8) is 0 Å². The summed E-state index contributed by atoms with van der Waals surface area (Å²) in [5.41, 5.74) is 2.81. The van der Waals surface area contributed by atoms with Gasteiger partial charge in [-0.15, -0.1) is 11.6 Å². The molecule has 0 spiro atoms. The number of aromatic nitrogens is 2. The summed E-state index contributed by atoms with van der Waals surface area (Å²) in [4.78, 5) is 73.8. The summed E-state index contributed by atoms with van der Waals surface area (Å²) in [6, 6.07) is 17.0. The van der Waals surface area contributed by atoms with E-state index in [9.17, 15) is 29.1 Å². The molecule has 0 bridgehead atoms. The Morgan fingerprint density at radius 2 is 1.75 bits per heavy atom. The lowest BCUT2D eigenvalue weighted by molar-refractivity contribution is -0.137. The number of aryl methyl sites for hydroxylation is 1. The Bertz CT molecular complexity index is 2410. The minimum Gasteiger partial charge on any atom is -0.480 e. The van der Waals surface area contributed by atoms with Gasteiger partial charge in [-0.1, -0.05) is 18.2 Å². The number of hydrogen-bond acceptors (Lipinski definition) is 10. The second-order valence-electron chi connectivity index (χ2n) is 15.0. The van der Waals surface area contributed by atoms with E-state index in [2.05, 4.69) is 10.3 Å². The number of likely N-dealkylation sites (N-methyl/N-ethyl adjacent to an activating group) is 1. The van der Waals surface area contributed by atoms with Gasteiger partial charge in [0.15, 0.2) is 6.79 Å². The molecule has 59 heavy (non-hydrogen) atoms. The summed E-state index contributed by atoms with van der Waals surface area (Å²) >= 11 is 6.54. The summed E-state index contributed by atoms with van der Waals surface area (Å²) in [5, 5.41) is 13.8. The molecule has 3 aromatic carbocycles. The predicted octanol–water partition coefficient (Wildman–Crippen LogP) is 6.77. The number of nitrogens with zero attached hydrogens (tertiary/aromatic N) is 5. The summed E-state index contributed by atoms with van der Waals surface area (Å²) in [6.45, 7) is 6.47. The molecule has 1 aliphatic rings. The van der Waals surface area contributed by atoms with Crippen molar-refractivity contribution >= 4 is 69.4 Å². The lowest BCUT2D eigenvalue weighted by Crippen LogP contribution is -2.44. The normalized spacial score (nSPS) is 13.5. The maximum Gasteiger partial charge on any atom is 0.415 e. The lowest BCUT2D eigenvalue weighted by Gasteiger charge is -2.27. The van der Waals surface area contributed by atoms with E-state index in [0.717, 1.165) is 21.4 Å². The third kappa shape index (κ3) is 9.67. The highest BCUT2D eigenvalue weighted by molar-refractivity contribution is 6.19. The van der Waals surface area contributed by atoms with E-state index in [1.54, 1.807) is 91.0 Å². The van der Waals surface area contributed by atoms with Gasteiger partial charge < -0.3 is 43.6 Å². The quantitative estimate of drug-likeness (QED) is 0.0945. The number of anilines is 2. The van der Waals surface area contributed by atoms with Crippen LogP contribution in [-0.2, 0) is 14.3 Å². The standard InChI is InChI=1S/C42H45ClN6O10/c1-25-8-7-9-30-33(58-41(55)47(23-35(50)51)17-16-46(5)40(54)59-42(2,3)4)18-32-37(36(25)30)27(19-43)20-49(32)39(53)31-22-48-21-28(12-15-34(48)45-31)44-38(52)26-10-13-29(14-11-26)57-24-56-6/h7-15,18,21-22,27H,16-17,19-20,23-24H2,1-6H3,(H,44,52)(H,50,51)/t27-/m1/s1. The van der Waals surface area contributed by atoms with Crippen LogP contribution in [0.4, 0.5) is 21.0 Å². The second-order valence-corrected chi connectivity index (χ2v) is 15.3. The Balaban J connectivity index is 1.26. The highest BCUT2D eigenvalue weighted by Gasteiger charge is 2.37. The van der Waals surface area contributed by atoms with Crippen LogP contribution < -0.4 is 19.7 Å². The van der Waals surface area contributed by atoms with Crippen molar-refractivity contribution in [2.45, 2.75) is 39.2 Å². The maximum atomic E-state index is 14.4. The van der Waals surface area contributed by atoms with E-state index in [1.165, 1.54) is 19.1 Å². The molecule has 17 heteroatoms. The van der Waals surface area contributed by atoms with Gasteiger partial charge in [-0.25, -0.2) is 14.6 Å². The number of carboxylic acid groups (broad SMARTS) is 1. The molecule has 16 nitrogen and oxygen atoms in total. The highest BCUT2D eigenvalue weighted by Crippen LogP contribution is 2.47. The van der Waals surface area contributed by atoms with Crippen LogP contribution in [0.5, 0.6) is 11.5 Å². The number of carbonyl (C=O) groups is 5. The Morgan fingerprint density at radius 3 is 2.42 bits per heavy atom. The van der Waals surface area contributed by atoms with Gasteiger partial charge in [0.05, 0.1) is 11.4 Å². The number of rotatable bonds is 13. The number of carbonyl (C=O) groups excluding carboxylic acids is 4. The van der Waals surface area contributed by atoms with E-state index < -0.39 is 36.2 Å². The number of methoxy groups -OCH3 is 1. The Morgan fingerprint density at radius 1 is 1.00 bits per heavy atom. The molecule has 0 aliphatic carbocycles. The van der Waals surface area contributed by atoms with Gasteiger partial charge in [0, 0.05) is 75.0 Å². The average Bonchev–Trinajstić information content (AvgIpc) is 3.79. The number of alkyl halides is 1. The van der Waals surface area contributed by atoms with Crippen molar-refractivity contribution < 1.29 is 48.0 Å². The number of nitrogens with one attached hydrogen (secondary N) is 1. The van der Waals surface area contributed by atoms with E-state index in [4.69, 9.17) is 30.5 Å². The first-order valence-corrected chi connectivity index (χ1v) is 19.2. The van der Waals surface area contributed by atoms with E-state index in [-0.39, 0.29) is 55.6 Å². The van der Waals surface area contributed by atoms with Gasteiger partial charge in [-0.05, 0) is 80.6 Å². The molecule has 0 saturated carbocycles. The predicted molar refractivity (Wildman–Crippen MR) is 220 cm³/mol. The van der Waals surface area contributed by atoms with Gasteiger partial charge in [-0.3, -0.25) is 19.3 Å². The number of ether oxygens (including phenoxy) is 4. The molecule has 0 saturated heterocycles. The number of hydrogen-bond donors (Lipinski definition) is 2. The van der Waals surface area contributed by atoms with E-state index in [1.807, 2.05) is 19.1 Å². The van der Waals surface area contributed by atoms with Crippen LogP contribution in [0, 0.1) is 6.92 Å². The number of benzene rings is 3. The van der Waals surface area contributed by atoms with Crippen molar-refractivity contribution in [2.24, 2.45) is 0 Å². The fourth-order valence-corrected chi connectivity index (χ4v) is 6.94. The summed E-state index contributed by atoms with van der Waals surface area (Å²) < 4.78 is 23.3. The molecule has 0 radical (unpaired) electrons. The summed E-state index contributed by atoms with van der Waals surface area (Å²) in [5.74, 6) is -1.50. The van der Waals surface area contributed by atoms with Gasteiger partial charge in [0.25, 0.3) is 11.8 Å². The van der Waals surface area contributed by atoms with E-state index >= 15 is 0 Å². The number of halogens is 1. The Labute approximate surface area is 345 Å². The molecule has 0 unspecified atom stereocenters. The van der Waals surface area contributed by atoms with Gasteiger partial charge in [0.2, 0.25) is 0 Å². The summed E-state index contributed by atoms with van der Waals surface area (Å²) in [6.07, 6.45) is 1.61. The molecule has 2 aromatic heterocycles. The van der Waals surface area contributed by atoms with Crippen molar-refractivity contribution in [1.82, 2.24) is 19.2 Å². The second kappa shape index (κ2) is 17.6. The highest BCUT2D eigenvalue weighted by atomic mass is 35.5. The molecule has 3 heterocycles. The van der Waals surface area contributed by atoms with Crippen LogP contribution in [0.2, 0.25) is 0 Å². The van der Waals surface area contributed by atoms with Crippen molar-refractivity contribution in [2.75, 3.05) is 63.2 Å². The van der Waals surface area contributed by atoms with Gasteiger partial charge >= 0.3 is 18.2 Å². The molecular weight excluding hydrogens is 784 g/mol. The third-order valence-corrected chi connectivity index (χ3v) is 9.84. The van der Waals surface area contributed by atoms with E-state index in [0.29, 0.717) is 33.7 Å². The van der Waals surface area contributed by atoms with Crippen LogP contribution in [-0.4, -0.2) is 113 Å². The van der Waals surface area contributed by atoms with Crippen molar-refractivity contribution in [1.29, 1.82) is 0 Å². The molecule has 6 rings (SSSR count). The molecule has 0 fully saturated rings. The zero-order chi connectivity index (χ0) is 42.6. The first-order chi connectivity index (χ1) is 28.1. The number of amides is 4. The molecular formula is C42H45ClN6O10. The fraction of sp³-hybridized carbons (Fsp3) is 0.333. The maximum absolute atomic E-state index is 14.4. The third-order valence-electron chi connectivity index (χ3n) is 9.46. The fourth-order valence-electron chi connectivity index (χ4n) is 6.69. The average molecular weight is 829 g/mol. The summed E-state index contributed by atoms with van der Waals surface area (Å²) in [7, 11) is 3.00. The van der Waals surface area contributed by atoms with Crippen LogP contribution in [0.3, 0.4) is 0 Å². The molecule has 1 atom stereocenters. The van der Waals surface area contributed by atoms with Crippen LogP contribution in [0.25, 0.3) is 16.4 Å². The topological polar surface area (TPSA) is 182 Å². The SMILES string of the molecule is COCOc1ccc(C(=O)Nc2ccc3nc(C(=O)N4C[C@@H](CCl)c5c4cc(OC(=O)N(CCN(C)C(=O)OC(C)(C)C)CC(=O)O)c4cccc(C)c54)cn3c2)cc1. The molecule has 1 aliphatic heterocycles. The number of carboxylic acids is 1. The number of fused-ring (bicyclic) bond motifs is 4. The molecule has 310 valence electrons. The van der Waals surface area contributed by atoms with Gasteiger partial charge in [0.1, 0.15) is 35.0 Å². The van der Waals surface area contributed by atoms with Gasteiger partial charge in [-0.2, -0.15) is 0 Å². The first-order valence-electron chi connectivity index (χ1n) is 18.7. The van der Waals surface area contributed by atoms with Crippen molar-refractivity contribution in [3.8, 4) is 11.5 Å². The molecule has 5 aromatic rings. The number of pyridine rings is 1. The van der Waals surface area contributed by atoms with Crippen molar-refractivity contribution in [3.05, 3.63) is 95.4 Å². The largest absolute Gasteiger partial charge is 0.480 e. The first kappa shape index (κ1) is 42.2. The monoisotopic (exact) mass is 828 g/mol.